The minimum atomic E-state index is -0.0383. The standard InChI is InChI=1S/C17H19N3OS2/c1-13(9-18)12-23-16-7-3-2-6-15(16)19-11-17(21)20-10-14-5-4-8-22-14/h2-8,13,19H,10-12H2,1H3,(H,20,21)/t13-/m1/s1. The summed E-state index contributed by atoms with van der Waals surface area (Å²) in [6, 6.07) is 14.0. The minimum Gasteiger partial charge on any atom is -0.375 e. The molecule has 0 aliphatic carbocycles. The van der Waals surface area contributed by atoms with Gasteiger partial charge < -0.3 is 10.6 Å². The Labute approximate surface area is 144 Å². The molecular weight excluding hydrogens is 326 g/mol. The number of nitrogens with one attached hydrogen (secondary N) is 2. The molecule has 2 rings (SSSR count). The van der Waals surface area contributed by atoms with Crippen molar-refractivity contribution in [3.05, 3.63) is 46.7 Å². The van der Waals surface area contributed by atoms with Crippen LogP contribution in [0.1, 0.15) is 11.8 Å². The van der Waals surface area contributed by atoms with E-state index in [9.17, 15) is 4.79 Å². The van der Waals surface area contributed by atoms with Crippen LogP contribution in [-0.2, 0) is 11.3 Å². The van der Waals surface area contributed by atoms with Gasteiger partial charge in [0.15, 0.2) is 0 Å². The molecule has 0 aliphatic heterocycles. The van der Waals surface area contributed by atoms with Gasteiger partial charge in [-0.25, -0.2) is 0 Å². The zero-order valence-corrected chi connectivity index (χ0v) is 14.5. The molecular formula is C17H19N3OS2. The van der Waals surface area contributed by atoms with Gasteiger partial charge in [0, 0.05) is 21.2 Å². The Morgan fingerprint density at radius 1 is 1.35 bits per heavy atom. The first-order valence-corrected chi connectivity index (χ1v) is 9.20. The summed E-state index contributed by atoms with van der Waals surface area (Å²) in [5.41, 5.74) is 0.925. The van der Waals surface area contributed by atoms with E-state index in [1.54, 1.807) is 23.1 Å². The molecule has 1 heterocycles. The highest BCUT2D eigenvalue weighted by Crippen LogP contribution is 2.28. The van der Waals surface area contributed by atoms with Gasteiger partial charge >= 0.3 is 0 Å². The fourth-order valence-corrected chi connectivity index (χ4v) is 3.45. The first-order chi connectivity index (χ1) is 11.2. The highest BCUT2D eigenvalue weighted by Gasteiger charge is 2.07. The lowest BCUT2D eigenvalue weighted by Crippen LogP contribution is -2.29. The molecule has 0 unspecified atom stereocenters. The van der Waals surface area contributed by atoms with E-state index in [1.165, 1.54) is 0 Å². The molecule has 0 saturated heterocycles. The van der Waals surface area contributed by atoms with Crippen LogP contribution in [0, 0.1) is 17.2 Å². The number of carbonyl (C=O) groups excluding carboxylic acids is 1. The Morgan fingerprint density at radius 3 is 2.91 bits per heavy atom. The molecule has 6 heteroatoms. The Kier molecular flexibility index (Phi) is 6.98. The van der Waals surface area contributed by atoms with Crippen molar-refractivity contribution in [2.24, 2.45) is 5.92 Å². The number of thiophene rings is 1. The first-order valence-electron chi connectivity index (χ1n) is 7.33. The number of anilines is 1. The van der Waals surface area contributed by atoms with Gasteiger partial charge in [-0.1, -0.05) is 18.2 Å². The Morgan fingerprint density at radius 2 is 2.17 bits per heavy atom. The Hall–Kier alpha value is -1.97. The average molecular weight is 345 g/mol. The van der Waals surface area contributed by atoms with Crippen molar-refractivity contribution in [2.45, 2.75) is 18.4 Å². The van der Waals surface area contributed by atoms with Crippen molar-refractivity contribution in [1.82, 2.24) is 5.32 Å². The molecule has 120 valence electrons. The molecule has 2 aromatic rings. The second-order valence-electron chi connectivity index (χ2n) is 5.05. The second kappa shape index (κ2) is 9.23. The molecule has 1 aromatic heterocycles. The fraction of sp³-hybridized carbons (Fsp3) is 0.294. The van der Waals surface area contributed by atoms with E-state index in [-0.39, 0.29) is 18.4 Å². The number of amides is 1. The summed E-state index contributed by atoms with van der Waals surface area (Å²) in [5, 5.41) is 16.9. The Bertz CT molecular complexity index is 665. The van der Waals surface area contributed by atoms with Crippen LogP contribution < -0.4 is 10.6 Å². The monoisotopic (exact) mass is 345 g/mol. The van der Waals surface area contributed by atoms with E-state index >= 15 is 0 Å². The van der Waals surface area contributed by atoms with E-state index in [2.05, 4.69) is 16.7 Å². The van der Waals surface area contributed by atoms with Crippen molar-refractivity contribution in [3.8, 4) is 6.07 Å². The van der Waals surface area contributed by atoms with Gasteiger partial charge in [-0.2, -0.15) is 5.26 Å². The average Bonchev–Trinajstić information content (AvgIpc) is 3.10. The van der Waals surface area contributed by atoms with E-state index in [0.717, 1.165) is 21.2 Å². The lowest BCUT2D eigenvalue weighted by atomic mass is 10.3. The number of carbonyl (C=O) groups is 1. The summed E-state index contributed by atoms with van der Waals surface area (Å²) < 4.78 is 0. The molecule has 0 spiro atoms. The number of hydrogen-bond acceptors (Lipinski definition) is 5. The van der Waals surface area contributed by atoms with Gasteiger partial charge in [0.05, 0.1) is 25.1 Å². The maximum atomic E-state index is 11.9. The van der Waals surface area contributed by atoms with Crippen LogP contribution in [0.4, 0.5) is 5.69 Å². The molecule has 23 heavy (non-hydrogen) atoms. The van der Waals surface area contributed by atoms with Gasteiger partial charge in [0.25, 0.3) is 0 Å². The van der Waals surface area contributed by atoms with Crippen molar-refractivity contribution in [3.63, 3.8) is 0 Å². The predicted molar refractivity (Wildman–Crippen MR) is 96.6 cm³/mol. The van der Waals surface area contributed by atoms with Crippen LogP contribution in [0.2, 0.25) is 0 Å². The molecule has 1 aromatic carbocycles. The molecule has 0 bridgehead atoms. The highest BCUT2D eigenvalue weighted by molar-refractivity contribution is 7.99. The molecule has 0 fully saturated rings. The summed E-state index contributed by atoms with van der Waals surface area (Å²) >= 11 is 3.26. The van der Waals surface area contributed by atoms with Crippen molar-refractivity contribution in [1.29, 1.82) is 5.26 Å². The third kappa shape index (κ3) is 5.97. The molecule has 1 atom stereocenters. The maximum absolute atomic E-state index is 11.9. The van der Waals surface area contributed by atoms with E-state index in [1.807, 2.05) is 48.7 Å². The summed E-state index contributed by atoms with van der Waals surface area (Å²) in [6.07, 6.45) is 0. The zero-order chi connectivity index (χ0) is 16.5. The molecule has 0 radical (unpaired) electrons. The number of benzene rings is 1. The zero-order valence-electron chi connectivity index (χ0n) is 12.9. The van der Waals surface area contributed by atoms with Crippen LogP contribution in [0.5, 0.6) is 0 Å². The number of thioether (sulfide) groups is 1. The van der Waals surface area contributed by atoms with Gasteiger partial charge in [-0.15, -0.1) is 23.1 Å². The number of nitriles is 1. The highest BCUT2D eigenvalue weighted by atomic mass is 32.2. The van der Waals surface area contributed by atoms with Gasteiger partial charge in [0.2, 0.25) is 5.91 Å². The number of rotatable bonds is 8. The van der Waals surface area contributed by atoms with Gasteiger partial charge in [0.1, 0.15) is 0 Å². The second-order valence-corrected chi connectivity index (χ2v) is 7.14. The Balaban J connectivity index is 1.82. The summed E-state index contributed by atoms with van der Waals surface area (Å²) in [5.74, 6) is 0.700. The van der Waals surface area contributed by atoms with Gasteiger partial charge in [-0.3, -0.25) is 4.79 Å². The largest absolute Gasteiger partial charge is 0.375 e. The summed E-state index contributed by atoms with van der Waals surface area (Å²) in [6.45, 7) is 2.70. The quantitative estimate of drug-likeness (QED) is 0.716. The van der Waals surface area contributed by atoms with E-state index in [4.69, 9.17) is 5.26 Å². The third-order valence-corrected chi connectivity index (χ3v) is 5.29. The maximum Gasteiger partial charge on any atom is 0.239 e. The molecule has 4 nitrogen and oxygen atoms in total. The van der Waals surface area contributed by atoms with Crippen LogP contribution in [-0.4, -0.2) is 18.2 Å². The molecule has 1 amide bonds. The van der Waals surface area contributed by atoms with E-state index < -0.39 is 0 Å². The lowest BCUT2D eigenvalue weighted by molar-refractivity contribution is -0.119. The molecule has 0 saturated carbocycles. The fourth-order valence-electron chi connectivity index (χ4n) is 1.83. The first kappa shape index (κ1) is 17.4. The van der Waals surface area contributed by atoms with Crippen molar-refractivity contribution >= 4 is 34.7 Å². The van der Waals surface area contributed by atoms with Gasteiger partial charge in [-0.05, 0) is 30.5 Å². The topological polar surface area (TPSA) is 64.9 Å². The smallest absolute Gasteiger partial charge is 0.239 e. The van der Waals surface area contributed by atoms with Crippen molar-refractivity contribution < 1.29 is 4.79 Å². The number of hydrogen-bond donors (Lipinski definition) is 2. The molecule has 2 N–H and O–H groups in total. The van der Waals surface area contributed by atoms with Crippen molar-refractivity contribution in [2.75, 3.05) is 17.6 Å². The van der Waals surface area contributed by atoms with E-state index in [0.29, 0.717) is 6.54 Å². The predicted octanol–water partition coefficient (Wildman–Crippen LogP) is 3.73. The van der Waals surface area contributed by atoms with Crippen LogP contribution >= 0.6 is 23.1 Å². The lowest BCUT2D eigenvalue weighted by Gasteiger charge is -2.12. The number of para-hydroxylation sites is 1. The van der Waals surface area contributed by atoms with Crippen LogP contribution in [0.3, 0.4) is 0 Å². The third-order valence-electron chi connectivity index (χ3n) is 3.08. The molecule has 0 aliphatic rings. The van der Waals surface area contributed by atoms with Crippen LogP contribution in [0.25, 0.3) is 0 Å². The number of nitrogens with zero attached hydrogens (tertiary/aromatic N) is 1. The van der Waals surface area contributed by atoms with Crippen LogP contribution in [0.15, 0.2) is 46.7 Å². The summed E-state index contributed by atoms with van der Waals surface area (Å²) in [7, 11) is 0. The summed E-state index contributed by atoms with van der Waals surface area (Å²) in [4.78, 5) is 14.1. The SMILES string of the molecule is C[C@H](C#N)CSc1ccccc1NCC(=O)NCc1cccs1. The normalized spacial score (nSPS) is 11.5. The minimum absolute atomic E-state index is 0.00199.